The number of nitrogens with zero attached hydrogens (tertiary/aromatic N) is 3. The van der Waals surface area contributed by atoms with Crippen LogP contribution in [0.25, 0.3) is 0 Å². The van der Waals surface area contributed by atoms with Crippen LogP contribution in [0.3, 0.4) is 0 Å². The van der Waals surface area contributed by atoms with Crippen LogP contribution in [0.15, 0.2) is 75.0 Å². The molecule has 0 saturated carbocycles. The Hall–Kier alpha value is -3.23. The zero-order valence-electron chi connectivity index (χ0n) is 20.2. The second-order valence-electron chi connectivity index (χ2n) is 9.40. The fraction of sp³-hybridized carbons (Fsp3) is 0.321. The topological polar surface area (TPSA) is 75.9 Å². The van der Waals surface area contributed by atoms with Crippen molar-refractivity contribution in [2.75, 3.05) is 19.7 Å². The number of benzene rings is 2. The molecule has 2 atom stereocenters. The molecule has 1 aromatic heterocycles. The Morgan fingerprint density at radius 2 is 2.00 bits per heavy atom. The van der Waals surface area contributed by atoms with Gasteiger partial charge in [0.1, 0.15) is 5.75 Å². The van der Waals surface area contributed by atoms with E-state index in [0.29, 0.717) is 24.0 Å². The minimum Gasteiger partial charge on any atom is -0.494 e. The number of carbonyl (C=O) groups is 1. The zero-order valence-corrected chi connectivity index (χ0v) is 21.8. The molecule has 3 aromatic rings. The highest BCUT2D eigenvalue weighted by Crippen LogP contribution is 2.36. The minimum atomic E-state index is -0.266. The highest BCUT2D eigenvalue weighted by Gasteiger charge is 2.34. The van der Waals surface area contributed by atoms with E-state index in [2.05, 4.69) is 43.5 Å². The van der Waals surface area contributed by atoms with Crippen LogP contribution in [0.5, 0.6) is 5.75 Å². The maximum absolute atomic E-state index is 12.4. The predicted molar refractivity (Wildman–Crippen MR) is 144 cm³/mol. The van der Waals surface area contributed by atoms with Crippen LogP contribution in [0, 0.1) is 5.92 Å². The van der Waals surface area contributed by atoms with Gasteiger partial charge in [-0.15, -0.1) is 0 Å². The molecule has 36 heavy (non-hydrogen) atoms. The normalized spacial score (nSPS) is 19.2. The molecule has 1 amide bonds. The summed E-state index contributed by atoms with van der Waals surface area (Å²) in [6, 6.07) is 18.8. The third-order valence-corrected chi connectivity index (χ3v) is 7.29. The lowest BCUT2D eigenvalue weighted by Crippen LogP contribution is -2.46. The van der Waals surface area contributed by atoms with Crippen molar-refractivity contribution in [1.29, 1.82) is 0 Å². The van der Waals surface area contributed by atoms with E-state index in [0.717, 1.165) is 59.6 Å². The van der Waals surface area contributed by atoms with Crippen molar-refractivity contribution in [1.82, 2.24) is 14.9 Å². The van der Waals surface area contributed by atoms with Crippen molar-refractivity contribution in [3.63, 3.8) is 0 Å². The van der Waals surface area contributed by atoms with Gasteiger partial charge in [-0.3, -0.25) is 14.5 Å². The van der Waals surface area contributed by atoms with Gasteiger partial charge in [0, 0.05) is 59.5 Å². The summed E-state index contributed by atoms with van der Waals surface area (Å²) in [5.41, 5.74) is 6.36. The lowest BCUT2D eigenvalue weighted by atomic mass is 9.83. The highest BCUT2D eigenvalue weighted by atomic mass is 79.9. The Labute approximate surface area is 218 Å². The van der Waals surface area contributed by atoms with Crippen LogP contribution < -0.4 is 15.7 Å². The number of aromatic nitrogens is 1. The van der Waals surface area contributed by atoms with Crippen LogP contribution in [-0.4, -0.2) is 41.3 Å². The maximum Gasteiger partial charge on any atom is 0.271 e. The van der Waals surface area contributed by atoms with Crippen molar-refractivity contribution in [2.45, 2.75) is 32.4 Å². The number of likely N-dealkylation sites (tertiary alicyclic amines) is 1. The van der Waals surface area contributed by atoms with Crippen LogP contribution in [0.2, 0.25) is 0 Å². The molecular weight excluding hydrogens is 520 g/mol. The first-order chi connectivity index (χ1) is 17.5. The number of amides is 1. The average Bonchev–Trinajstić information content (AvgIpc) is 2.86. The van der Waals surface area contributed by atoms with Crippen molar-refractivity contribution < 1.29 is 9.53 Å². The molecule has 2 aromatic carbocycles. The molecule has 1 saturated heterocycles. The van der Waals surface area contributed by atoms with Gasteiger partial charge in [0.15, 0.2) is 0 Å². The molecule has 186 valence electrons. The molecule has 5 rings (SSSR count). The molecule has 2 unspecified atom stereocenters. The van der Waals surface area contributed by atoms with Crippen molar-refractivity contribution >= 4 is 28.1 Å². The van der Waals surface area contributed by atoms with E-state index in [1.54, 1.807) is 24.4 Å². The lowest BCUT2D eigenvalue weighted by Gasteiger charge is -2.43. The summed E-state index contributed by atoms with van der Waals surface area (Å²) < 4.78 is 8.72. The molecule has 7 nitrogen and oxygen atoms in total. The summed E-state index contributed by atoms with van der Waals surface area (Å²) in [7, 11) is 0. The van der Waals surface area contributed by atoms with Gasteiger partial charge in [0.25, 0.3) is 11.5 Å². The number of hydrogen-bond acceptors (Lipinski definition) is 5. The van der Waals surface area contributed by atoms with Gasteiger partial charge < -0.3 is 9.30 Å². The number of pyridine rings is 1. The van der Waals surface area contributed by atoms with Gasteiger partial charge in [0.2, 0.25) is 0 Å². The summed E-state index contributed by atoms with van der Waals surface area (Å²) in [6.45, 7) is 5.97. The molecule has 2 aliphatic rings. The Balaban J connectivity index is 1.30. The quantitative estimate of drug-likeness (QED) is 0.351. The monoisotopic (exact) mass is 548 g/mol. The summed E-state index contributed by atoms with van der Waals surface area (Å²) in [6.07, 6.45) is 2.78. The molecule has 3 heterocycles. The standard InChI is InChI=1S/C28H29BrN4O3/c1-2-36-26-10-9-19(14-30-31-28(35)21-5-3-6-24(29)13-21)11-23(26)18-32-15-20-12-22(17-32)25-7-4-8-27(34)33(25)16-20/h3-11,13-14,20,22H,2,12,15-18H2,1H3,(H,31,35). The highest BCUT2D eigenvalue weighted by molar-refractivity contribution is 9.10. The molecule has 0 aliphatic carbocycles. The lowest BCUT2D eigenvalue weighted by molar-refractivity contribution is 0.0955. The summed E-state index contributed by atoms with van der Waals surface area (Å²) >= 11 is 3.38. The first kappa shape index (κ1) is 24.5. The number of nitrogens with one attached hydrogen (secondary N) is 1. The fourth-order valence-corrected chi connectivity index (χ4v) is 5.72. The molecule has 2 bridgehead atoms. The Kier molecular flexibility index (Phi) is 7.34. The summed E-state index contributed by atoms with van der Waals surface area (Å²) in [5.74, 6) is 1.42. The number of fused-ring (bicyclic) bond motifs is 4. The van der Waals surface area contributed by atoms with Gasteiger partial charge in [0.05, 0.1) is 12.8 Å². The maximum atomic E-state index is 12.4. The first-order valence-electron chi connectivity index (χ1n) is 12.3. The summed E-state index contributed by atoms with van der Waals surface area (Å²) in [4.78, 5) is 27.2. The van der Waals surface area contributed by atoms with E-state index in [4.69, 9.17) is 4.74 Å². The number of hydrazone groups is 1. The van der Waals surface area contributed by atoms with E-state index in [1.165, 1.54) is 0 Å². The number of halogens is 1. The Morgan fingerprint density at radius 3 is 2.83 bits per heavy atom. The van der Waals surface area contributed by atoms with Crippen LogP contribution in [0.1, 0.15) is 46.4 Å². The average molecular weight is 549 g/mol. The Morgan fingerprint density at radius 1 is 1.14 bits per heavy atom. The largest absolute Gasteiger partial charge is 0.494 e. The van der Waals surface area contributed by atoms with Gasteiger partial charge in [-0.2, -0.15) is 5.10 Å². The van der Waals surface area contributed by atoms with Gasteiger partial charge in [-0.1, -0.05) is 28.1 Å². The number of piperidine rings is 1. The third-order valence-electron chi connectivity index (χ3n) is 6.80. The number of carbonyl (C=O) groups excluding carboxylic acids is 1. The van der Waals surface area contributed by atoms with E-state index in [9.17, 15) is 9.59 Å². The van der Waals surface area contributed by atoms with Gasteiger partial charge in [-0.25, -0.2) is 5.43 Å². The Bertz CT molecular complexity index is 1350. The third kappa shape index (κ3) is 5.44. The fourth-order valence-electron chi connectivity index (χ4n) is 5.32. The molecule has 0 spiro atoms. The molecular formula is C28H29BrN4O3. The molecule has 0 radical (unpaired) electrons. The van der Waals surface area contributed by atoms with E-state index in [1.807, 2.05) is 41.8 Å². The van der Waals surface area contributed by atoms with Crippen molar-refractivity contribution in [3.8, 4) is 5.75 Å². The summed E-state index contributed by atoms with van der Waals surface area (Å²) in [5, 5.41) is 4.16. The molecule has 8 heteroatoms. The zero-order chi connectivity index (χ0) is 25.1. The van der Waals surface area contributed by atoms with Crippen LogP contribution in [-0.2, 0) is 13.1 Å². The first-order valence-corrected chi connectivity index (χ1v) is 13.1. The van der Waals surface area contributed by atoms with E-state index in [-0.39, 0.29) is 11.5 Å². The number of hydrogen-bond donors (Lipinski definition) is 1. The smallest absolute Gasteiger partial charge is 0.271 e. The van der Waals surface area contributed by atoms with Gasteiger partial charge >= 0.3 is 0 Å². The number of rotatable bonds is 7. The van der Waals surface area contributed by atoms with Crippen molar-refractivity contribution in [2.24, 2.45) is 11.0 Å². The van der Waals surface area contributed by atoms with Gasteiger partial charge in [-0.05, 0) is 67.3 Å². The van der Waals surface area contributed by atoms with Crippen LogP contribution in [0.4, 0.5) is 0 Å². The minimum absolute atomic E-state index is 0.105. The second-order valence-corrected chi connectivity index (χ2v) is 10.3. The van der Waals surface area contributed by atoms with E-state index >= 15 is 0 Å². The molecule has 1 fully saturated rings. The number of ether oxygens (including phenoxy) is 1. The molecule has 2 aliphatic heterocycles. The predicted octanol–water partition coefficient (Wildman–Crippen LogP) is 4.39. The molecule has 1 N–H and O–H groups in total. The second kappa shape index (κ2) is 10.8. The van der Waals surface area contributed by atoms with E-state index < -0.39 is 0 Å². The SMILES string of the molecule is CCOc1ccc(C=NNC(=O)c2cccc(Br)c2)cc1CN1CC2CC(C1)c1cccc(=O)n1C2. The van der Waals surface area contributed by atoms with Crippen LogP contribution >= 0.6 is 15.9 Å². The van der Waals surface area contributed by atoms with Crippen molar-refractivity contribution in [3.05, 3.63) is 97.9 Å².